The van der Waals surface area contributed by atoms with Crippen LogP contribution in [-0.4, -0.2) is 5.66 Å². The molecule has 0 saturated heterocycles. The van der Waals surface area contributed by atoms with E-state index in [0.29, 0.717) is 5.66 Å². The van der Waals surface area contributed by atoms with Gasteiger partial charge in [0.05, 0.1) is 5.31 Å². The van der Waals surface area contributed by atoms with E-state index in [1.165, 1.54) is 10.6 Å². The molecule has 102 valence electrons. The van der Waals surface area contributed by atoms with E-state index in [9.17, 15) is 0 Å². The normalized spacial score (nSPS) is 24.2. The van der Waals surface area contributed by atoms with Gasteiger partial charge in [0.25, 0.3) is 0 Å². The first-order valence-corrected chi connectivity index (χ1v) is 9.17. The van der Waals surface area contributed by atoms with Crippen molar-refractivity contribution in [2.75, 3.05) is 0 Å². The first-order chi connectivity index (χ1) is 9.82. The van der Waals surface area contributed by atoms with Crippen molar-refractivity contribution in [2.45, 2.75) is 24.9 Å². The van der Waals surface area contributed by atoms with Crippen molar-refractivity contribution in [3.05, 3.63) is 78.2 Å². The lowest BCUT2D eigenvalue weighted by Crippen LogP contribution is -2.30. The molecule has 0 amide bonds. The fourth-order valence-corrected chi connectivity index (χ4v) is 6.48. The Bertz CT molecular complexity index is 583. The molecule has 1 nitrogen and oxygen atoms in total. The van der Waals surface area contributed by atoms with Gasteiger partial charge >= 0.3 is 0 Å². The molecular weight excluding hydrogens is 261 g/mol. The SMILES string of the molecule is N[P+](C1=CC=CCC1)(c1ccccc1)C1C=CC=CC1. The van der Waals surface area contributed by atoms with Gasteiger partial charge in [-0.2, -0.15) is 5.50 Å². The number of hydrogen-bond acceptors (Lipinski definition) is 1. The first kappa shape index (κ1) is 13.5. The maximum atomic E-state index is 7.09. The molecule has 0 bridgehead atoms. The van der Waals surface area contributed by atoms with Crippen LogP contribution in [0.3, 0.4) is 0 Å². The van der Waals surface area contributed by atoms with Gasteiger partial charge in [0.1, 0.15) is 18.4 Å². The molecule has 2 heteroatoms. The summed E-state index contributed by atoms with van der Waals surface area (Å²) in [7, 11) is -1.80. The Morgan fingerprint density at radius 2 is 1.85 bits per heavy atom. The highest BCUT2D eigenvalue weighted by atomic mass is 31.2. The van der Waals surface area contributed by atoms with Crippen LogP contribution in [-0.2, 0) is 0 Å². The molecule has 2 unspecified atom stereocenters. The van der Waals surface area contributed by atoms with Crippen molar-refractivity contribution in [3.63, 3.8) is 0 Å². The van der Waals surface area contributed by atoms with Crippen LogP contribution in [0.2, 0.25) is 0 Å². The number of rotatable bonds is 3. The van der Waals surface area contributed by atoms with Gasteiger partial charge in [0.15, 0.2) is 0 Å². The Hall–Kier alpha value is -1.43. The highest BCUT2D eigenvalue weighted by Gasteiger charge is 2.47. The van der Waals surface area contributed by atoms with E-state index >= 15 is 0 Å². The third-order valence-electron chi connectivity index (χ3n) is 4.13. The molecule has 2 aliphatic rings. The van der Waals surface area contributed by atoms with E-state index in [4.69, 9.17) is 5.50 Å². The van der Waals surface area contributed by atoms with Crippen LogP contribution in [0.15, 0.2) is 78.2 Å². The number of benzene rings is 1. The molecule has 1 aromatic rings. The van der Waals surface area contributed by atoms with Crippen LogP contribution < -0.4 is 10.8 Å². The van der Waals surface area contributed by atoms with E-state index in [1.54, 1.807) is 0 Å². The lowest BCUT2D eigenvalue weighted by atomic mass is 10.2. The Balaban J connectivity index is 2.07. The zero-order chi connectivity index (χ0) is 13.8. The summed E-state index contributed by atoms with van der Waals surface area (Å²) in [5.74, 6) is 0. The first-order valence-electron chi connectivity index (χ1n) is 7.24. The van der Waals surface area contributed by atoms with Crippen molar-refractivity contribution in [3.8, 4) is 0 Å². The predicted octanol–water partition coefficient (Wildman–Crippen LogP) is 4.32. The molecule has 0 fully saturated rings. The van der Waals surface area contributed by atoms with Crippen LogP contribution in [0, 0.1) is 0 Å². The van der Waals surface area contributed by atoms with Gasteiger partial charge in [0, 0.05) is 12.8 Å². The standard InChI is InChI=1S/C18H21NP/c19-20(16-10-4-1-5-11-16,17-12-6-2-7-13-17)18-14-8-3-9-15-18/h1-8,10-12,14,17H,9,13,15,19H2/q+1. The molecule has 0 heterocycles. The Kier molecular flexibility index (Phi) is 4.00. The summed E-state index contributed by atoms with van der Waals surface area (Å²) in [6.07, 6.45) is 18.8. The largest absolute Gasteiger partial charge is 0.195 e. The third kappa shape index (κ3) is 2.44. The zero-order valence-electron chi connectivity index (χ0n) is 11.7. The molecule has 2 aliphatic carbocycles. The second-order valence-corrected chi connectivity index (χ2v) is 8.66. The van der Waals surface area contributed by atoms with Gasteiger partial charge in [-0.05, 0) is 30.7 Å². The molecule has 0 aromatic heterocycles. The topological polar surface area (TPSA) is 26.0 Å². The molecule has 3 rings (SSSR count). The molecule has 0 aliphatic heterocycles. The number of nitrogens with two attached hydrogens (primary N) is 1. The average Bonchev–Trinajstić information content (AvgIpc) is 2.56. The quantitative estimate of drug-likeness (QED) is 0.821. The summed E-state index contributed by atoms with van der Waals surface area (Å²) < 4.78 is 0. The van der Waals surface area contributed by atoms with Gasteiger partial charge in [-0.3, -0.25) is 0 Å². The lowest BCUT2D eigenvalue weighted by Gasteiger charge is -2.31. The van der Waals surface area contributed by atoms with Gasteiger partial charge in [-0.25, -0.2) is 0 Å². The van der Waals surface area contributed by atoms with E-state index in [1.807, 2.05) is 0 Å². The van der Waals surface area contributed by atoms with Crippen LogP contribution in [0.25, 0.3) is 0 Å². The molecule has 2 N–H and O–H groups in total. The lowest BCUT2D eigenvalue weighted by molar-refractivity contribution is 0.982. The molecular formula is C18H21NP+. The van der Waals surface area contributed by atoms with Crippen molar-refractivity contribution in [1.29, 1.82) is 0 Å². The summed E-state index contributed by atoms with van der Waals surface area (Å²) in [6, 6.07) is 10.7. The van der Waals surface area contributed by atoms with Crippen LogP contribution >= 0.6 is 7.41 Å². The van der Waals surface area contributed by atoms with Crippen molar-refractivity contribution in [2.24, 2.45) is 5.50 Å². The summed E-state index contributed by atoms with van der Waals surface area (Å²) in [4.78, 5) is 0. The fraction of sp³-hybridized carbons (Fsp3) is 0.222. The van der Waals surface area contributed by atoms with E-state index in [2.05, 4.69) is 72.9 Å². The summed E-state index contributed by atoms with van der Waals surface area (Å²) in [5.41, 5.74) is 7.53. The summed E-state index contributed by atoms with van der Waals surface area (Å²) >= 11 is 0. The van der Waals surface area contributed by atoms with Gasteiger partial charge in [-0.1, -0.05) is 48.6 Å². The zero-order valence-corrected chi connectivity index (χ0v) is 12.5. The van der Waals surface area contributed by atoms with Crippen molar-refractivity contribution >= 4 is 12.7 Å². The van der Waals surface area contributed by atoms with Crippen LogP contribution in [0.1, 0.15) is 19.3 Å². The Morgan fingerprint density at radius 3 is 2.50 bits per heavy atom. The van der Waals surface area contributed by atoms with Gasteiger partial charge in [-0.15, -0.1) is 0 Å². The molecule has 0 saturated carbocycles. The number of allylic oxidation sites excluding steroid dienone is 8. The highest BCUT2D eigenvalue weighted by molar-refractivity contribution is 7.85. The van der Waals surface area contributed by atoms with E-state index < -0.39 is 7.41 Å². The Morgan fingerprint density at radius 1 is 1.00 bits per heavy atom. The minimum atomic E-state index is -1.80. The highest BCUT2D eigenvalue weighted by Crippen LogP contribution is 2.65. The fourth-order valence-electron chi connectivity index (χ4n) is 3.01. The summed E-state index contributed by atoms with van der Waals surface area (Å²) in [5, 5.41) is 2.78. The van der Waals surface area contributed by atoms with Crippen LogP contribution in [0.5, 0.6) is 0 Å². The van der Waals surface area contributed by atoms with E-state index in [0.717, 1.165) is 19.3 Å². The van der Waals surface area contributed by atoms with Gasteiger partial charge in [0.2, 0.25) is 0 Å². The minimum Gasteiger partial charge on any atom is -0.195 e. The second-order valence-electron chi connectivity index (χ2n) is 5.35. The third-order valence-corrected chi connectivity index (χ3v) is 8.04. The molecule has 20 heavy (non-hydrogen) atoms. The number of hydrogen-bond donors (Lipinski definition) is 1. The molecule has 0 radical (unpaired) electrons. The van der Waals surface area contributed by atoms with E-state index in [-0.39, 0.29) is 0 Å². The minimum absolute atomic E-state index is 0.438. The van der Waals surface area contributed by atoms with Crippen molar-refractivity contribution in [1.82, 2.24) is 0 Å². The Labute approximate surface area is 122 Å². The summed E-state index contributed by atoms with van der Waals surface area (Å²) in [6.45, 7) is 0. The van der Waals surface area contributed by atoms with Crippen LogP contribution in [0.4, 0.5) is 0 Å². The molecule has 1 aromatic carbocycles. The monoisotopic (exact) mass is 282 g/mol. The maximum Gasteiger partial charge on any atom is 0.145 e. The maximum absolute atomic E-state index is 7.09. The molecule has 0 spiro atoms. The predicted molar refractivity (Wildman–Crippen MR) is 90.3 cm³/mol. The molecule has 2 atom stereocenters. The van der Waals surface area contributed by atoms with Gasteiger partial charge < -0.3 is 0 Å². The smallest absolute Gasteiger partial charge is 0.145 e. The second kappa shape index (κ2) is 5.91. The average molecular weight is 282 g/mol. The van der Waals surface area contributed by atoms with Crippen molar-refractivity contribution < 1.29 is 0 Å².